The summed E-state index contributed by atoms with van der Waals surface area (Å²) in [7, 11) is 1.46. The van der Waals surface area contributed by atoms with Crippen LogP contribution in [0.4, 0.5) is 0 Å². The summed E-state index contributed by atoms with van der Waals surface area (Å²) in [5.41, 5.74) is 0.488. The lowest BCUT2D eigenvalue weighted by atomic mass is 10.2. The molecular formula is C7H8O3. The molecule has 0 fully saturated rings. The molecule has 0 aromatic carbocycles. The smallest absolute Gasteiger partial charge is 0.295 e. The first-order valence-corrected chi connectivity index (χ1v) is 2.88. The summed E-state index contributed by atoms with van der Waals surface area (Å²) >= 11 is 0. The van der Waals surface area contributed by atoms with Crippen LogP contribution in [0.1, 0.15) is 17.3 Å². The Morgan fingerprint density at radius 3 is 2.80 bits per heavy atom. The molecule has 54 valence electrons. The van der Waals surface area contributed by atoms with Crippen LogP contribution in [0, 0.1) is 0 Å². The van der Waals surface area contributed by atoms with Crippen LogP contribution in [0.15, 0.2) is 16.7 Å². The zero-order chi connectivity index (χ0) is 7.56. The first-order valence-electron chi connectivity index (χ1n) is 2.88. The first-order chi connectivity index (χ1) is 4.75. The van der Waals surface area contributed by atoms with E-state index in [0.717, 1.165) is 0 Å². The molecule has 3 heteroatoms. The summed E-state index contributed by atoms with van der Waals surface area (Å²) in [4.78, 5) is 10.7. The number of rotatable bonds is 2. The molecule has 0 saturated carbocycles. The van der Waals surface area contributed by atoms with Crippen molar-refractivity contribution in [3.05, 3.63) is 17.9 Å². The minimum atomic E-state index is -0.0504. The normalized spacial score (nSPS) is 9.40. The van der Waals surface area contributed by atoms with Gasteiger partial charge >= 0.3 is 0 Å². The molecule has 0 bridgehead atoms. The van der Waals surface area contributed by atoms with Gasteiger partial charge in [0.25, 0.3) is 5.95 Å². The molecule has 0 N–H and O–H groups in total. The molecule has 3 nitrogen and oxygen atoms in total. The number of hydrogen-bond donors (Lipinski definition) is 0. The van der Waals surface area contributed by atoms with Crippen LogP contribution in [0.2, 0.25) is 0 Å². The van der Waals surface area contributed by atoms with Gasteiger partial charge in [0.1, 0.15) is 5.56 Å². The second-order valence-electron chi connectivity index (χ2n) is 1.88. The first kappa shape index (κ1) is 6.86. The average Bonchev–Trinajstić information content (AvgIpc) is 2.33. The van der Waals surface area contributed by atoms with Crippen LogP contribution < -0.4 is 4.74 Å². The molecule has 0 saturated heterocycles. The molecule has 0 atom stereocenters. The van der Waals surface area contributed by atoms with Gasteiger partial charge in [-0.2, -0.15) is 0 Å². The van der Waals surface area contributed by atoms with E-state index in [-0.39, 0.29) is 11.7 Å². The Balaban J connectivity index is 3.01. The van der Waals surface area contributed by atoms with Gasteiger partial charge < -0.3 is 9.15 Å². The van der Waals surface area contributed by atoms with Crippen LogP contribution in [0.25, 0.3) is 0 Å². The van der Waals surface area contributed by atoms with Crippen LogP contribution in [0.3, 0.4) is 0 Å². The van der Waals surface area contributed by atoms with Gasteiger partial charge in [0, 0.05) is 0 Å². The molecule has 10 heavy (non-hydrogen) atoms. The van der Waals surface area contributed by atoms with E-state index >= 15 is 0 Å². The summed E-state index contributed by atoms with van der Waals surface area (Å²) in [5.74, 6) is 0.234. The molecule has 0 amide bonds. The number of furan rings is 1. The summed E-state index contributed by atoms with van der Waals surface area (Å²) in [6.07, 6.45) is 1.43. The Bertz CT molecular complexity index is 237. The quantitative estimate of drug-likeness (QED) is 0.584. The number of ketones is 1. The summed E-state index contributed by atoms with van der Waals surface area (Å²) < 4.78 is 9.59. The van der Waals surface area contributed by atoms with Crippen LogP contribution >= 0.6 is 0 Å². The Labute approximate surface area is 58.6 Å². The second-order valence-corrected chi connectivity index (χ2v) is 1.88. The molecule has 1 aromatic heterocycles. The van der Waals surface area contributed by atoms with Gasteiger partial charge in [0.2, 0.25) is 0 Å². The van der Waals surface area contributed by atoms with Crippen molar-refractivity contribution in [1.82, 2.24) is 0 Å². The van der Waals surface area contributed by atoms with E-state index in [0.29, 0.717) is 5.56 Å². The zero-order valence-electron chi connectivity index (χ0n) is 5.88. The van der Waals surface area contributed by atoms with Crippen molar-refractivity contribution < 1.29 is 13.9 Å². The highest BCUT2D eigenvalue weighted by Crippen LogP contribution is 2.18. The fourth-order valence-electron chi connectivity index (χ4n) is 0.715. The number of carbonyl (C=O) groups excluding carboxylic acids is 1. The minimum Gasteiger partial charge on any atom is -0.468 e. The molecule has 0 unspecified atom stereocenters. The van der Waals surface area contributed by atoms with E-state index in [9.17, 15) is 4.79 Å². The summed E-state index contributed by atoms with van der Waals surface area (Å²) in [6, 6.07) is 1.58. The second kappa shape index (κ2) is 2.56. The van der Waals surface area contributed by atoms with E-state index in [1.807, 2.05) is 0 Å². The molecule has 0 spiro atoms. The SMILES string of the molecule is COc1occc1C(C)=O. The monoisotopic (exact) mass is 140 g/mol. The van der Waals surface area contributed by atoms with Crippen LogP contribution in [-0.4, -0.2) is 12.9 Å². The lowest BCUT2D eigenvalue weighted by Crippen LogP contribution is -1.92. The molecule has 0 aliphatic rings. The van der Waals surface area contributed by atoms with Crippen LogP contribution in [-0.2, 0) is 0 Å². The topological polar surface area (TPSA) is 39.4 Å². The predicted octanol–water partition coefficient (Wildman–Crippen LogP) is 1.49. The number of ether oxygens (including phenoxy) is 1. The Kier molecular flexibility index (Phi) is 1.76. The third-order valence-electron chi connectivity index (χ3n) is 1.19. The van der Waals surface area contributed by atoms with Gasteiger partial charge in [-0.05, 0) is 13.0 Å². The van der Waals surface area contributed by atoms with Gasteiger partial charge in [-0.1, -0.05) is 0 Å². The van der Waals surface area contributed by atoms with Crippen molar-refractivity contribution in [2.75, 3.05) is 7.11 Å². The molecular weight excluding hydrogens is 132 g/mol. The van der Waals surface area contributed by atoms with Crippen molar-refractivity contribution in [2.24, 2.45) is 0 Å². The number of carbonyl (C=O) groups is 1. The highest BCUT2D eigenvalue weighted by molar-refractivity contribution is 5.95. The number of Topliss-reactive ketones (excluding diaryl/α,β-unsaturated/α-hetero) is 1. The highest BCUT2D eigenvalue weighted by Gasteiger charge is 2.09. The van der Waals surface area contributed by atoms with Crippen molar-refractivity contribution >= 4 is 5.78 Å². The lowest BCUT2D eigenvalue weighted by molar-refractivity contribution is 0.101. The average molecular weight is 140 g/mol. The molecule has 1 aromatic rings. The van der Waals surface area contributed by atoms with Crippen molar-refractivity contribution in [3.8, 4) is 5.95 Å². The molecule has 0 aliphatic heterocycles. The Morgan fingerprint density at radius 1 is 1.70 bits per heavy atom. The van der Waals surface area contributed by atoms with Crippen molar-refractivity contribution in [2.45, 2.75) is 6.92 Å². The molecule has 1 rings (SSSR count). The van der Waals surface area contributed by atoms with E-state index in [1.165, 1.54) is 20.3 Å². The van der Waals surface area contributed by atoms with Crippen molar-refractivity contribution in [1.29, 1.82) is 0 Å². The van der Waals surface area contributed by atoms with E-state index in [2.05, 4.69) is 0 Å². The fourth-order valence-corrected chi connectivity index (χ4v) is 0.715. The Hall–Kier alpha value is -1.25. The third kappa shape index (κ3) is 1.03. The molecule has 1 heterocycles. The van der Waals surface area contributed by atoms with E-state index in [4.69, 9.17) is 9.15 Å². The molecule has 0 radical (unpaired) electrons. The minimum absolute atomic E-state index is 0.0504. The maximum Gasteiger partial charge on any atom is 0.295 e. The standard InChI is InChI=1S/C7H8O3/c1-5(8)6-3-4-10-7(6)9-2/h3-4H,1-2H3. The summed E-state index contributed by atoms with van der Waals surface area (Å²) in [6.45, 7) is 1.47. The Morgan fingerprint density at radius 2 is 2.40 bits per heavy atom. The highest BCUT2D eigenvalue weighted by atomic mass is 16.6. The van der Waals surface area contributed by atoms with Gasteiger partial charge in [-0.3, -0.25) is 4.79 Å². The fraction of sp³-hybridized carbons (Fsp3) is 0.286. The van der Waals surface area contributed by atoms with Gasteiger partial charge in [0.05, 0.1) is 13.4 Å². The van der Waals surface area contributed by atoms with E-state index in [1.54, 1.807) is 6.07 Å². The maximum absolute atomic E-state index is 10.7. The van der Waals surface area contributed by atoms with Crippen LogP contribution in [0.5, 0.6) is 5.95 Å². The van der Waals surface area contributed by atoms with Gasteiger partial charge in [0.15, 0.2) is 5.78 Å². The van der Waals surface area contributed by atoms with Crippen molar-refractivity contribution in [3.63, 3.8) is 0 Å². The zero-order valence-corrected chi connectivity index (χ0v) is 5.88. The maximum atomic E-state index is 10.7. The summed E-state index contributed by atoms with van der Waals surface area (Å²) in [5, 5.41) is 0. The third-order valence-corrected chi connectivity index (χ3v) is 1.19. The van der Waals surface area contributed by atoms with E-state index < -0.39 is 0 Å². The predicted molar refractivity (Wildman–Crippen MR) is 35.3 cm³/mol. The number of hydrogen-bond acceptors (Lipinski definition) is 3. The largest absolute Gasteiger partial charge is 0.468 e. The van der Waals surface area contributed by atoms with Gasteiger partial charge in [-0.15, -0.1) is 0 Å². The number of methoxy groups -OCH3 is 1. The molecule has 0 aliphatic carbocycles. The lowest BCUT2D eigenvalue weighted by Gasteiger charge is -1.93. The van der Waals surface area contributed by atoms with Gasteiger partial charge in [-0.25, -0.2) is 0 Å².